The Balaban J connectivity index is 1.73. The highest BCUT2D eigenvalue weighted by Crippen LogP contribution is 2.24. The number of hydrogen-bond donors (Lipinski definition) is 1. The van der Waals surface area contributed by atoms with Gasteiger partial charge in [-0.3, -0.25) is 4.90 Å². The van der Waals surface area contributed by atoms with Crippen molar-refractivity contribution in [3.05, 3.63) is 71.0 Å². The average Bonchev–Trinajstić information content (AvgIpc) is 2.64. The van der Waals surface area contributed by atoms with Gasteiger partial charge < -0.3 is 9.84 Å². The Labute approximate surface area is 147 Å². The first-order chi connectivity index (χ1) is 12.2. The molecule has 1 fully saturated rings. The second-order valence-electron chi connectivity index (χ2n) is 6.27. The first kappa shape index (κ1) is 17.6. The third kappa shape index (κ3) is 4.43. The maximum Gasteiger partial charge on any atom is 0.123 e. The summed E-state index contributed by atoms with van der Waals surface area (Å²) in [6, 6.07) is 15.9. The molecule has 0 unspecified atom stereocenters. The molecule has 0 amide bonds. The van der Waals surface area contributed by atoms with Gasteiger partial charge in [0.25, 0.3) is 0 Å². The molecule has 0 aromatic heterocycles. The first-order valence-electron chi connectivity index (χ1n) is 8.40. The van der Waals surface area contributed by atoms with Crippen molar-refractivity contribution in [3.8, 4) is 6.07 Å². The molecular weight excluding hydrogens is 319 g/mol. The highest BCUT2D eigenvalue weighted by Gasteiger charge is 2.26. The standard InChI is InChI=1S/C20H21FN2O2/c21-18-7-6-16(12-22)17(10-18)13-23-8-9-25-14-19(23)11-20(24)15-4-2-1-3-5-15/h1-7,10,19-20,24H,8-9,11,13-14H2/t19-,20-/m0/s1. The topological polar surface area (TPSA) is 56.5 Å². The third-order valence-electron chi connectivity index (χ3n) is 4.59. The number of hydrogen-bond acceptors (Lipinski definition) is 4. The van der Waals surface area contributed by atoms with E-state index in [0.29, 0.717) is 43.9 Å². The van der Waals surface area contributed by atoms with E-state index in [2.05, 4.69) is 11.0 Å². The number of aliphatic hydroxyl groups is 1. The Morgan fingerprint density at radius 3 is 2.84 bits per heavy atom. The van der Waals surface area contributed by atoms with E-state index >= 15 is 0 Å². The number of aliphatic hydroxyl groups excluding tert-OH is 1. The Hall–Kier alpha value is -2.26. The fourth-order valence-corrected chi connectivity index (χ4v) is 3.20. The Morgan fingerprint density at radius 2 is 2.08 bits per heavy atom. The average molecular weight is 340 g/mol. The van der Waals surface area contributed by atoms with Crippen molar-refractivity contribution >= 4 is 0 Å². The van der Waals surface area contributed by atoms with Gasteiger partial charge in [0.2, 0.25) is 0 Å². The molecule has 2 aromatic carbocycles. The smallest absolute Gasteiger partial charge is 0.123 e. The van der Waals surface area contributed by atoms with E-state index in [1.54, 1.807) is 0 Å². The first-order valence-corrected chi connectivity index (χ1v) is 8.40. The van der Waals surface area contributed by atoms with Crippen molar-refractivity contribution in [1.82, 2.24) is 4.90 Å². The molecule has 4 nitrogen and oxygen atoms in total. The lowest BCUT2D eigenvalue weighted by Gasteiger charge is -2.36. The minimum absolute atomic E-state index is 0.0127. The van der Waals surface area contributed by atoms with Gasteiger partial charge in [0.1, 0.15) is 5.82 Å². The summed E-state index contributed by atoms with van der Waals surface area (Å²) in [5.74, 6) is -0.344. The lowest BCUT2D eigenvalue weighted by molar-refractivity contribution is -0.0300. The second kappa shape index (κ2) is 8.21. The van der Waals surface area contributed by atoms with Crippen LogP contribution in [0.4, 0.5) is 4.39 Å². The molecule has 0 radical (unpaired) electrons. The summed E-state index contributed by atoms with van der Waals surface area (Å²) in [5.41, 5.74) is 2.02. The van der Waals surface area contributed by atoms with Crippen molar-refractivity contribution in [1.29, 1.82) is 5.26 Å². The predicted molar refractivity (Wildman–Crippen MR) is 92.2 cm³/mol. The second-order valence-corrected chi connectivity index (χ2v) is 6.27. The van der Waals surface area contributed by atoms with Crippen LogP contribution >= 0.6 is 0 Å². The molecule has 130 valence electrons. The molecule has 0 bridgehead atoms. The van der Waals surface area contributed by atoms with Crippen LogP contribution in [-0.2, 0) is 11.3 Å². The van der Waals surface area contributed by atoms with Crippen LogP contribution in [0.3, 0.4) is 0 Å². The summed E-state index contributed by atoms with van der Waals surface area (Å²) in [6.45, 7) is 2.26. The number of nitriles is 1. The fraction of sp³-hybridized carbons (Fsp3) is 0.350. The van der Waals surface area contributed by atoms with Crippen molar-refractivity contribution in [3.63, 3.8) is 0 Å². The highest BCUT2D eigenvalue weighted by atomic mass is 19.1. The molecule has 1 N–H and O–H groups in total. The molecule has 0 aliphatic carbocycles. The lowest BCUT2D eigenvalue weighted by Crippen LogP contribution is -2.45. The number of nitrogens with zero attached hydrogens (tertiary/aromatic N) is 2. The Kier molecular flexibility index (Phi) is 5.77. The number of rotatable bonds is 5. The summed E-state index contributed by atoms with van der Waals surface area (Å²) in [6.07, 6.45) is -0.0559. The molecule has 1 aliphatic rings. The molecule has 1 saturated heterocycles. The minimum atomic E-state index is -0.585. The van der Waals surface area contributed by atoms with Crippen LogP contribution in [0.2, 0.25) is 0 Å². The normalized spacial score (nSPS) is 19.3. The zero-order chi connectivity index (χ0) is 17.6. The van der Waals surface area contributed by atoms with Gasteiger partial charge in [-0.2, -0.15) is 5.26 Å². The van der Waals surface area contributed by atoms with Crippen molar-refractivity contribution in [2.75, 3.05) is 19.8 Å². The summed E-state index contributed by atoms with van der Waals surface area (Å²) in [5, 5.41) is 19.8. The molecule has 0 saturated carbocycles. The Morgan fingerprint density at radius 1 is 1.28 bits per heavy atom. The zero-order valence-corrected chi connectivity index (χ0v) is 13.9. The van der Waals surface area contributed by atoms with E-state index in [4.69, 9.17) is 4.74 Å². The van der Waals surface area contributed by atoms with E-state index in [-0.39, 0.29) is 11.9 Å². The molecule has 1 heterocycles. The number of halogens is 1. The molecule has 2 aromatic rings. The van der Waals surface area contributed by atoms with Crippen LogP contribution in [0.15, 0.2) is 48.5 Å². The van der Waals surface area contributed by atoms with Crippen LogP contribution in [-0.4, -0.2) is 35.8 Å². The van der Waals surface area contributed by atoms with E-state index in [9.17, 15) is 14.8 Å². The van der Waals surface area contributed by atoms with Crippen molar-refractivity contribution in [2.24, 2.45) is 0 Å². The molecule has 3 rings (SSSR count). The predicted octanol–water partition coefficient (Wildman–Crippen LogP) is 3.02. The maximum atomic E-state index is 13.6. The van der Waals surface area contributed by atoms with E-state index in [1.165, 1.54) is 18.2 Å². The lowest BCUT2D eigenvalue weighted by atomic mass is 9.99. The molecular formula is C20H21FN2O2. The maximum absolute atomic E-state index is 13.6. The van der Waals surface area contributed by atoms with E-state index in [1.807, 2.05) is 30.3 Å². The van der Waals surface area contributed by atoms with Gasteiger partial charge in [0.15, 0.2) is 0 Å². The van der Waals surface area contributed by atoms with E-state index in [0.717, 1.165) is 5.56 Å². The highest BCUT2D eigenvalue weighted by molar-refractivity contribution is 5.37. The minimum Gasteiger partial charge on any atom is -0.388 e. The van der Waals surface area contributed by atoms with Gasteiger partial charge >= 0.3 is 0 Å². The molecule has 0 spiro atoms. The SMILES string of the molecule is N#Cc1ccc(F)cc1CN1CCOC[C@@H]1C[C@H](O)c1ccccc1. The third-order valence-corrected chi connectivity index (χ3v) is 4.59. The summed E-state index contributed by atoms with van der Waals surface area (Å²) >= 11 is 0. The van der Waals surface area contributed by atoms with Crippen LogP contribution < -0.4 is 0 Å². The zero-order valence-electron chi connectivity index (χ0n) is 13.9. The van der Waals surface area contributed by atoms with Crippen LogP contribution in [0, 0.1) is 17.1 Å². The molecule has 25 heavy (non-hydrogen) atoms. The van der Waals surface area contributed by atoms with Gasteiger partial charge in [-0.15, -0.1) is 0 Å². The number of benzene rings is 2. The van der Waals surface area contributed by atoms with E-state index < -0.39 is 6.10 Å². The van der Waals surface area contributed by atoms with Gasteiger partial charge in [-0.25, -0.2) is 4.39 Å². The fourth-order valence-electron chi connectivity index (χ4n) is 3.20. The summed E-state index contributed by atoms with van der Waals surface area (Å²) < 4.78 is 19.1. The molecule has 5 heteroatoms. The van der Waals surface area contributed by atoms with Crippen LogP contribution in [0.1, 0.15) is 29.2 Å². The summed E-state index contributed by atoms with van der Waals surface area (Å²) in [7, 11) is 0. The van der Waals surface area contributed by atoms with Crippen molar-refractivity contribution in [2.45, 2.75) is 25.1 Å². The van der Waals surface area contributed by atoms with Gasteiger partial charge in [-0.1, -0.05) is 30.3 Å². The molecule has 2 atom stereocenters. The van der Waals surface area contributed by atoms with Gasteiger partial charge in [-0.05, 0) is 35.7 Å². The molecule has 1 aliphatic heterocycles. The monoisotopic (exact) mass is 340 g/mol. The largest absolute Gasteiger partial charge is 0.388 e. The Bertz CT molecular complexity index is 745. The number of ether oxygens (including phenoxy) is 1. The van der Waals surface area contributed by atoms with Crippen molar-refractivity contribution < 1.29 is 14.2 Å². The van der Waals surface area contributed by atoms with Crippen LogP contribution in [0.5, 0.6) is 0 Å². The number of morpholine rings is 1. The summed E-state index contributed by atoms with van der Waals surface area (Å²) in [4.78, 5) is 2.16. The van der Waals surface area contributed by atoms with Gasteiger partial charge in [0.05, 0.1) is 31.0 Å². The quantitative estimate of drug-likeness (QED) is 0.909. The van der Waals surface area contributed by atoms with Gasteiger partial charge in [0, 0.05) is 19.1 Å². The van der Waals surface area contributed by atoms with Crippen LogP contribution in [0.25, 0.3) is 0 Å².